The number of anilines is 1. The van der Waals surface area contributed by atoms with Crippen molar-refractivity contribution in [3.8, 4) is 5.75 Å². The van der Waals surface area contributed by atoms with Crippen molar-refractivity contribution < 1.29 is 22.7 Å². The van der Waals surface area contributed by atoms with E-state index in [1.165, 1.54) is 26.4 Å². The Morgan fingerprint density at radius 1 is 1.04 bits per heavy atom. The molecule has 6 nitrogen and oxygen atoms in total. The highest BCUT2D eigenvalue weighted by Gasteiger charge is 2.31. The van der Waals surface area contributed by atoms with Gasteiger partial charge in [-0.25, -0.2) is 8.42 Å². The number of para-hydroxylation sites is 1. The molecule has 25 heavy (non-hydrogen) atoms. The van der Waals surface area contributed by atoms with Crippen molar-refractivity contribution in [2.24, 2.45) is 0 Å². The minimum Gasteiger partial charge on any atom is -0.495 e. The minimum atomic E-state index is -4.18. The second-order valence-corrected chi connectivity index (χ2v) is 7.40. The number of carbonyl (C=O) groups excluding carboxylic acids is 1. The van der Waals surface area contributed by atoms with Gasteiger partial charge < -0.3 is 9.47 Å². The van der Waals surface area contributed by atoms with Gasteiger partial charge in [0.2, 0.25) is 0 Å². The summed E-state index contributed by atoms with van der Waals surface area (Å²) < 4.78 is 36.7. The molecule has 134 valence electrons. The fraction of sp³-hybridized carbons (Fsp3) is 0.188. The first-order valence-corrected chi connectivity index (χ1v) is 9.19. The number of carbonyl (C=O) groups is 1. The summed E-state index contributed by atoms with van der Waals surface area (Å²) in [6.45, 7) is -0.511. The van der Waals surface area contributed by atoms with Crippen molar-refractivity contribution in [1.82, 2.24) is 0 Å². The fourth-order valence-corrected chi connectivity index (χ4v) is 4.31. The van der Waals surface area contributed by atoms with E-state index in [1.54, 1.807) is 30.3 Å². The van der Waals surface area contributed by atoms with Crippen LogP contribution >= 0.6 is 23.2 Å². The van der Waals surface area contributed by atoms with Crippen LogP contribution < -0.4 is 9.04 Å². The van der Waals surface area contributed by atoms with Crippen molar-refractivity contribution >= 4 is 44.9 Å². The molecule has 0 saturated carbocycles. The summed E-state index contributed by atoms with van der Waals surface area (Å²) in [6, 6.07) is 10.8. The third-order valence-corrected chi connectivity index (χ3v) is 6.14. The van der Waals surface area contributed by atoms with E-state index < -0.39 is 22.5 Å². The maximum atomic E-state index is 13.1. The molecule has 9 heteroatoms. The Balaban J connectivity index is 2.60. The topological polar surface area (TPSA) is 72.9 Å². The second-order valence-electron chi connectivity index (χ2n) is 4.82. The Morgan fingerprint density at radius 2 is 1.68 bits per heavy atom. The van der Waals surface area contributed by atoms with Crippen molar-refractivity contribution in [3.63, 3.8) is 0 Å². The molecule has 0 bridgehead atoms. The Hall–Kier alpha value is -1.96. The van der Waals surface area contributed by atoms with E-state index in [0.717, 1.165) is 4.31 Å². The number of halogens is 2. The molecule has 0 aromatic heterocycles. The van der Waals surface area contributed by atoms with E-state index in [1.807, 2.05) is 0 Å². The third-order valence-electron chi connectivity index (χ3n) is 3.34. The molecule has 0 aliphatic heterocycles. The van der Waals surface area contributed by atoms with Gasteiger partial charge >= 0.3 is 5.97 Å². The molecule has 0 radical (unpaired) electrons. The summed E-state index contributed by atoms with van der Waals surface area (Å²) in [5, 5.41) is -0.219. The zero-order chi connectivity index (χ0) is 18.6. The number of ether oxygens (including phenoxy) is 2. The van der Waals surface area contributed by atoms with Crippen LogP contribution in [0.3, 0.4) is 0 Å². The van der Waals surface area contributed by atoms with E-state index in [-0.39, 0.29) is 26.4 Å². The maximum absolute atomic E-state index is 13.1. The molecule has 0 atom stereocenters. The molecule has 0 aliphatic carbocycles. The zero-order valence-electron chi connectivity index (χ0n) is 13.4. The number of methoxy groups -OCH3 is 2. The average molecular weight is 404 g/mol. The van der Waals surface area contributed by atoms with Crippen molar-refractivity contribution in [2.45, 2.75) is 4.90 Å². The van der Waals surface area contributed by atoms with E-state index in [4.69, 9.17) is 27.9 Å². The van der Waals surface area contributed by atoms with Gasteiger partial charge in [0, 0.05) is 0 Å². The van der Waals surface area contributed by atoms with E-state index >= 15 is 0 Å². The summed E-state index contributed by atoms with van der Waals surface area (Å²) in [7, 11) is -1.61. The molecular formula is C16H15Cl2NO5S. The average Bonchev–Trinajstić information content (AvgIpc) is 2.62. The van der Waals surface area contributed by atoms with Crippen molar-refractivity contribution in [2.75, 3.05) is 25.1 Å². The smallest absolute Gasteiger partial charge is 0.326 e. The number of hydrogen-bond donors (Lipinski definition) is 0. The summed E-state index contributed by atoms with van der Waals surface area (Å²) in [5.41, 5.74) is 0.288. The van der Waals surface area contributed by atoms with Crippen molar-refractivity contribution in [3.05, 3.63) is 52.5 Å². The molecule has 2 aromatic rings. The lowest BCUT2D eigenvalue weighted by atomic mass is 10.3. The molecule has 0 amide bonds. The monoisotopic (exact) mass is 403 g/mol. The highest BCUT2D eigenvalue weighted by Crippen LogP contribution is 2.38. The number of nitrogens with zero attached hydrogens (tertiary/aromatic N) is 1. The van der Waals surface area contributed by atoms with Crippen LogP contribution in [0.25, 0.3) is 0 Å². The number of hydrogen-bond acceptors (Lipinski definition) is 5. The molecule has 0 spiro atoms. The SMILES string of the molecule is COC(=O)CN(c1ccccc1)S(=O)(=O)c1ccc(OC)c(Cl)c1Cl. The van der Waals surface area contributed by atoms with Gasteiger partial charge in [0.05, 0.1) is 24.9 Å². The Morgan fingerprint density at radius 3 is 2.24 bits per heavy atom. The van der Waals surface area contributed by atoms with Gasteiger partial charge in [-0.05, 0) is 24.3 Å². The second kappa shape index (κ2) is 7.95. The van der Waals surface area contributed by atoms with Crippen molar-refractivity contribution in [1.29, 1.82) is 0 Å². The molecule has 2 rings (SSSR count). The highest BCUT2D eigenvalue weighted by atomic mass is 35.5. The van der Waals surface area contributed by atoms with Crippen LogP contribution in [0.1, 0.15) is 0 Å². The first-order chi connectivity index (χ1) is 11.8. The number of sulfonamides is 1. The number of rotatable bonds is 6. The number of benzene rings is 2. The van der Waals surface area contributed by atoms with Crippen LogP contribution in [0.5, 0.6) is 5.75 Å². The van der Waals surface area contributed by atoms with Gasteiger partial charge in [0.25, 0.3) is 10.0 Å². The summed E-state index contributed by atoms with van der Waals surface area (Å²) in [6.07, 6.45) is 0. The minimum absolute atomic E-state index is 0.0312. The van der Waals surface area contributed by atoms with Gasteiger partial charge in [0.15, 0.2) is 0 Å². The lowest BCUT2D eigenvalue weighted by molar-refractivity contribution is -0.138. The Labute approximate surface area is 155 Å². The zero-order valence-corrected chi connectivity index (χ0v) is 15.7. The Bertz CT molecular complexity index is 872. The largest absolute Gasteiger partial charge is 0.495 e. The molecule has 0 unspecified atom stereocenters. The van der Waals surface area contributed by atoms with Crippen LogP contribution in [0.4, 0.5) is 5.69 Å². The number of esters is 1. The maximum Gasteiger partial charge on any atom is 0.326 e. The molecule has 0 saturated heterocycles. The third kappa shape index (κ3) is 4.00. The van der Waals surface area contributed by atoms with Gasteiger partial charge in [-0.1, -0.05) is 41.4 Å². The normalized spacial score (nSPS) is 11.0. The molecule has 2 aromatic carbocycles. The van der Waals surface area contributed by atoms with Gasteiger partial charge in [0.1, 0.15) is 22.2 Å². The first-order valence-electron chi connectivity index (χ1n) is 6.99. The van der Waals surface area contributed by atoms with Crippen LogP contribution in [0.15, 0.2) is 47.4 Å². The van der Waals surface area contributed by atoms with Gasteiger partial charge in [-0.15, -0.1) is 0 Å². The standard InChI is InChI=1S/C16H15Cl2NO5S/c1-23-12-8-9-13(16(18)15(12)17)25(21,22)19(10-14(20)24-2)11-6-4-3-5-7-11/h3-9H,10H2,1-2H3. The van der Waals surface area contributed by atoms with Gasteiger partial charge in [-0.2, -0.15) is 0 Å². The highest BCUT2D eigenvalue weighted by molar-refractivity contribution is 7.93. The molecule has 0 heterocycles. The first kappa shape index (κ1) is 19.4. The summed E-state index contributed by atoms with van der Waals surface area (Å²) in [5.74, 6) is -0.479. The summed E-state index contributed by atoms with van der Waals surface area (Å²) in [4.78, 5) is 11.5. The van der Waals surface area contributed by atoms with Crippen LogP contribution in [-0.2, 0) is 19.6 Å². The lowest BCUT2D eigenvalue weighted by Gasteiger charge is -2.24. The fourth-order valence-electron chi connectivity index (χ4n) is 2.08. The van der Waals surface area contributed by atoms with Gasteiger partial charge in [-0.3, -0.25) is 9.10 Å². The van der Waals surface area contributed by atoms with E-state index in [0.29, 0.717) is 0 Å². The summed E-state index contributed by atoms with van der Waals surface area (Å²) >= 11 is 12.2. The lowest BCUT2D eigenvalue weighted by Crippen LogP contribution is -2.36. The quantitative estimate of drug-likeness (QED) is 0.691. The molecule has 0 fully saturated rings. The van der Waals surface area contributed by atoms with Crippen LogP contribution in [-0.4, -0.2) is 35.2 Å². The predicted molar refractivity (Wildman–Crippen MR) is 96.0 cm³/mol. The molecular weight excluding hydrogens is 389 g/mol. The molecule has 0 N–H and O–H groups in total. The predicted octanol–water partition coefficient (Wildman–Crippen LogP) is 3.37. The van der Waals surface area contributed by atoms with Crippen LogP contribution in [0, 0.1) is 0 Å². The molecule has 0 aliphatic rings. The van der Waals surface area contributed by atoms with E-state index in [9.17, 15) is 13.2 Å². The Kier molecular flexibility index (Phi) is 6.16. The van der Waals surface area contributed by atoms with E-state index in [2.05, 4.69) is 4.74 Å². The van der Waals surface area contributed by atoms with Crippen LogP contribution in [0.2, 0.25) is 10.0 Å².